The van der Waals surface area contributed by atoms with E-state index in [0.717, 1.165) is 41.6 Å². The van der Waals surface area contributed by atoms with E-state index in [1.165, 1.54) is 19.1 Å². The molecule has 0 N–H and O–H groups in total. The molecule has 3 aromatic heterocycles. The zero-order valence-corrected chi connectivity index (χ0v) is 22.7. The molecule has 1 aromatic carbocycles. The lowest BCUT2D eigenvalue weighted by Gasteiger charge is -2.25. The van der Waals surface area contributed by atoms with Crippen LogP contribution in [0, 0.1) is 5.92 Å². The number of aromatic nitrogens is 5. The van der Waals surface area contributed by atoms with Gasteiger partial charge in [-0.05, 0) is 67.2 Å². The normalized spacial score (nSPS) is 22.3. The summed E-state index contributed by atoms with van der Waals surface area (Å²) in [5.74, 6) is -2.97. The van der Waals surface area contributed by atoms with Gasteiger partial charge in [0, 0.05) is 35.8 Å². The Morgan fingerprint density at radius 1 is 1.10 bits per heavy atom. The second-order valence-corrected chi connectivity index (χ2v) is 11.7. The summed E-state index contributed by atoms with van der Waals surface area (Å²) in [7, 11) is 3.03. The maximum absolute atomic E-state index is 14.9. The molecule has 4 aromatic rings. The van der Waals surface area contributed by atoms with E-state index >= 15 is 0 Å². The Morgan fingerprint density at radius 2 is 1.93 bits per heavy atom. The van der Waals surface area contributed by atoms with E-state index in [2.05, 4.69) is 21.0 Å². The first kappa shape index (κ1) is 24.6. The Balaban J connectivity index is 1.14. The van der Waals surface area contributed by atoms with Crippen LogP contribution in [0.1, 0.15) is 60.6 Å². The van der Waals surface area contributed by atoms with Gasteiger partial charge in [0.05, 0.1) is 37.4 Å². The lowest BCUT2D eigenvalue weighted by atomic mass is 9.95. The number of carbonyl (C=O) groups excluding carboxylic acids is 1. The Hall–Kier alpha value is -4.15. The van der Waals surface area contributed by atoms with Crippen LogP contribution in [0.3, 0.4) is 0 Å². The van der Waals surface area contributed by atoms with Gasteiger partial charge in [-0.15, -0.1) is 0 Å². The topological polar surface area (TPSA) is 94.7 Å². The number of amides is 1. The second kappa shape index (κ2) is 8.43. The monoisotopic (exact) mass is 558 g/mol. The fourth-order valence-corrected chi connectivity index (χ4v) is 6.53. The van der Waals surface area contributed by atoms with Crippen LogP contribution in [0.5, 0.6) is 11.9 Å². The maximum atomic E-state index is 14.9. The van der Waals surface area contributed by atoms with Gasteiger partial charge in [-0.1, -0.05) is 12.1 Å². The number of methoxy groups -OCH3 is 2. The first-order valence-electron chi connectivity index (χ1n) is 14.0. The number of rotatable bonds is 8. The van der Waals surface area contributed by atoms with E-state index in [1.54, 1.807) is 23.1 Å². The smallest absolute Gasteiger partial charge is 0.319 e. The first-order chi connectivity index (χ1) is 19.8. The van der Waals surface area contributed by atoms with Crippen LogP contribution in [0.2, 0.25) is 0 Å². The highest BCUT2D eigenvalue weighted by atomic mass is 19.3. The van der Waals surface area contributed by atoms with E-state index in [-0.39, 0.29) is 23.8 Å². The van der Waals surface area contributed by atoms with Gasteiger partial charge in [0.15, 0.2) is 5.65 Å². The Kier molecular flexibility index (Phi) is 5.07. The van der Waals surface area contributed by atoms with Crippen molar-refractivity contribution in [2.45, 2.75) is 55.3 Å². The van der Waals surface area contributed by atoms with E-state index < -0.39 is 23.8 Å². The van der Waals surface area contributed by atoms with Crippen molar-refractivity contribution in [1.29, 1.82) is 0 Å². The molecule has 210 valence electrons. The highest BCUT2D eigenvalue weighted by molar-refractivity contribution is 6.10. The number of ether oxygens (including phenoxy) is 2. The fourth-order valence-electron chi connectivity index (χ4n) is 6.53. The number of anilines is 1. The highest BCUT2D eigenvalue weighted by Gasteiger charge is 2.61. The maximum Gasteiger partial charge on any atom is 0.319 e. The number of fused-ring (bicyclic) bond motifs is 3. The molecule has 2 atom stereocenters. The van der Waals surface area contributed by atoms with E-state index in [4.69, 9.17) is 14.6 Å². The fraction of sp³-hybridized carbons (Fsp3) is 0.433. The summed E-state index contributed by atoms with van der Waals surface area (Å²) in [6, 6.07) is 8.26. The number of carbonyl (C=O) groups is 1. The standard InChI is InChI=1S/C30H28F2N6O3/c1-40-26-21(14-34-28(35-26)41-2)23-13-20(25-33-9-10-38(25)36-23)19-12-18(19)16-3-6-22-24(11-16)37(27(39)29(22)7-8-29)15-30(31,32)17-4-5-17/h3,6,9-11,13-14,17-19H,4-5,7-8,12,15H2,1-2H3/t18-,19+/m1/s1. The number of benzene rings is 1. The Morgan fingerprint density at radius 3 is 2.66 bits per heavy atom. The van der Waals surface area contributed by atoms with Crippen molar-refractivity contribution >= 4 is 17.2 Å². The minimum atomic E-state index is -2.86. The molecule has 0 bridgehead atoms. The number of hydrogen-bond acceptors (Lipinski definition) is 7. The lowest BCUT2D eigenvalue weighted by Crippen LogP contribution is -2.42. The van der Waals surface area contributed by atoms with Gasteiger partial charge in [-0.3, -0.25) is 4.79 Å². The summed E-state index contributed by atoms with van der Waals surface area (Å²) in [4.78, 5) is 27.9. The van der Waals surface area contributed by atoms with E-state index in [9.17, 15) is 13.6 Å². The van der Waals surface area contributed by atoms with E-state index in [0.29, 0.717) is 35.7 Å². The molecule has 8 rings (SSSR count). The lowest BCUT2D eigenvalue weighted by molar-refractivity contribution is -0.121. The minimum absolute atomic E-state index is 0.151. The summed E-state index contributed by atoms with van der Waals surface area (Å²) >= 11 is 0. The summed E-state index contributed by atoms with van der Waals surface area (Å²) < 4.78 is 42.2. The molecule has 1 spiro atoms. The van der Waals surface area contributed by atoms with Gasteiger partial charge in [0.2, 0.25) is 11.8 Å². The second-order valence-electron chi connectivity index (χ2n) is 11.7. The summed E-state index contributed by atoms with van der Waals surface area (Å²) in [5.41, 5.74) is 5.06. The molecule has 1 aliphatic heterocycles. The Bertz CT molecular complexity index is 1730. The van der Waals surface area contributed by atoms with Crippen molar-refractivity contribution in [3.8, 4) is 23.1 Å². The minimum Gasteiger partial charge on any atom is -0.480 e. The van der Waals surface area contributed by atoms with E-state index in [1.807, 2.05) is 18.2 Å². The van der Waals surface area contributed by atoms with Crippen LogP contribution in [-0.4, -0.2) is 57.2 Å². The Labute approximate surface area is 234 Å². The SMILES string of the molecule is COc1ncc(-c2cc([C@H]3C[C@@H]3c3ccc4c(c3)N(CC(F)(F)C3CC3)C(=O)C43CC3)c3nccn3n2)c(OC)n1. The average Bonchev–Trinajstić information content (AvgIpc) is 3.87. The average molecular weight is 559 g/mol. The number of hydrogen-bond donors (Lipinski definition) is 0. The van der Waals surface area contributed by atoms with Gasteiger partial charge < -0.3 is 14.4 Å². The van der Waals surface area contributed by atoms with Crippen molar-refractivity contribution in [1.82, 2.24) is 24.6 Å². The van der Waals surface area contributed by atoms with Crippen molar-refractivity contribution in [3.05, 3.63) is 59.5 Å². The van der Waals surface area contributed by atoms with Crippen LogP contribution >= 0.6 is 0 Å². The molecule has 0 radical (unpaired) electrons. The van der Waals surface area contributed by atoms with Gasteiger partial charge >= 0.3 is 6.01 Å². The van der Waals surface area contributed by atoms with Gasteiger partial charge in [-0.2, -0.15) is 10.1 Å². The van der Waals surface area contributed by atoms with Crippen molar-refractivity contribution < 1.29 is 23.0 Å². The quantitative estimate of drug-likeness (QED) is 0.304. The van der Waals surface area contributed by atoms with Crippen molar-refractivity contribution in [2.75, 3.05) is 25.7 Å². The number of halogens is 2. The number of alkyl halides is 2. The molecule has 11 heteroatoms. The highest BCUT2D eigenvalue weighted by Crippen LogP contribution is 2.61. The van der Waals surface area contributed by atoms with Crippen LogP contribution in [-0.2, 0) is 10.2 Å². The van der Waals surface area contributed by atoms with Gasteiger partial charge in [-0.25, -0.2) is 23.3 Å². The predicted molar refractivity (Wildman–Crippen MR) is 145 cm³/mol. The molecule has 3 saturated carbocycles. The molecule has 1 amide bonds. The molecule has 9 nitrogen and oxygen atoms in total. The molecule has 41 heavy (non-hydrogen) atoms. The summed E-state index contributed by atoms with van der Waals surface area (Å²) in [6.45, 7) is -0.531. The molecule has 3 aliphatic carbocycles. The number of nitrogens with zero attached hydrogens (tertiary/aromatic N) is 6. The third-order valence-electron chi connectivity index (χ3n) is 9.17. The molecule has 3 fully saturated rings. The van der Waals surface area contributed by atoms with Gasteiger partial charge in [0.25, 0.3) is 5.92 Å². The van der Waals surface area contributed by atoms with Crippen molar-refractivity contribution in [3.63, 3.8) is 0 Å². The molecular weight excluding hydrogens is 530 g/mol. The summed E-state index contributed by atoms with van der Waals surface area (Å²) in [5, 5.41) is 4.72. The first-order valence-corrected chi connectivity index (χ1v) is 14.0. The summed E-state index contributed by atoms with van der Waals surface area (Å²) in [6.07, 6.45) is 8.52. The van der Waals surface area contributed by atoms with Crippen LogP contribution in [0.4, 0.5) is 14.5 Å². The zero-order valence-electron chi connectivity index (χ0n) is 22.7. The van der Waals surface area contributed by atoms with Crippen molar-refractivity contribution in [2.24, 2.45) is 5.92 Å². The molecule has 0 saturated heterocycles. The molecule has 4 aliphatic rings. The van der Waals surface area contributed by atoms with Crippen LogP contribution in [0.15, 0.2) is 42.9 Å². The van der Waals surface area contributed by atoms with Crippen LogP contribution in [0.25, 0.3) is 16.9 Å². The third-order valence-corrected chi connectivity index (χ3v) is 9.17. The van der Waals surface area contributed by atoms with Gasteiger partial charge in [0.1, 0.15) is 0 Å². The molecule has 0 unspecified atom stereocenters. The number of imidazole rings is 1. The largest absolute Gasteiger partial charge is 0.480 e. The third kappa shape index (κ3) is 3.74. The zero-order chi connectivity index (χ0) is 28.1. The van der Waals surface area contributed by atoms with Crippen LogP contribution < -0.4 is 14.4 Å². The predicted octanol–water partition coefficient (Wildman–Crippen LogP) is 4.90. The molecule has 4 heterocycles. The molecular formula is C30H28F2N6O3.